The molecule has 39 heavy (non-hydrogen) atoms. The van der Waals surface area contributed by atoms with Gasteiger partial charge in [-0.25, -0.2) is 4.39 Å². The second kappa shape index (κ2) is 10.7. The molecule has 3 heterocycles. The molecular formula is C27H23ClFN7O3. The summed E-state index contributed by atoms with van der Waals surface area (Å²) in [6, 6.07) is 8.84. The maximum absolute atomic E-state index is 15.0. The van der Waals surface area contributed by atoms with E-state index >= 15 is 4.39 Å². The topological polar surface area (TPSA) is 127 Å². The van der Waals surface area contributed by atoms with Gasteiger partial charge in [-0.15, -0.1) is 5.10 Å². The first-order valence-electron chi connectivity index (χ1n) is 12.1. The van der Waals surface area contributed by atoms with Crippen LogP contribution in [0.3, 0.4) is 0 Å². The van der Waals surface area contributed by atoms with Gasteiger partial charge in [-0.1, -0.05) is 35.9 Å². The zero-order chi connectivity index (χ0) is 27.7. The van der Waals surface area contributed by atoms with Crippen molar-refractivity contribution >= 4 is 35.2 Å². The Morgan fingerprint density at radius 1 is 1.18 bits per heavy atom. The van der Waals surface area contributed by atoms with E-state index in [1.165, 1.54) is 47.1 Å². The van der Waals surface area contributed by atoms with Gasteiger partial charge >= 0.3 is 0 Å². The molecular weight excluding hydrogens is 525 g/mol. The van der Waals surface area contributed by atoms with E-state index in [0.717, 1.165) is 5.69 Å². The Hall–Kier alpha value is -4.51. The van der Waals surface area contributed by atoms with Crippen molar-refractivity contribution < 1.29 is 18.8 Å². The number of H-pyrrole nitrogens is 1. The largest absolute Gasteiger partial charge is 0.324 e. The van der Waals surface area contributed by atoms with Gasteiger partial charge in [0.15, 0.2) is 17.4 Å². The number of aromatic nitrogens is 6. The number of carbonyl (C=O) groups excluding carboxylic acids is 3. The third-order valence-electron chi connectivity index (χ3n) is 6.67. The van der Waals surface area contributed by atoms with Crippen LogP contribution >= 0.6 is 11.6 Å². The van der Waals surface area contributed by atoms with Crippen LogP contribution in [0.4, 0.5) is 4.39 Å². The number of amides is 1. The number of ketones is 2. The van der Waals surface area contributed by atoms with Gasteiger partial charge in [-0.05, 0) is 48.0 Å². The molecule has 10 nitrogen and oxygen atoms in total. The number of rotatable bonds is 7. The number of aryl methyl sites for hydroxylation is 1. The van der Waals surface area contributed by atoms with Gasteiger partial charge in [0.2, 0.25) is 5.91 Å². The second-order valence-corrected chi connectivity index (χ2v) is 9.58. The summed E-state index contributed by atoms with van der Waals surface area (Å²) >= 11 is 6.00. The van der Waals surface area contributed by atoms with Crippen LogP contribution in [0.5, 0.6) is 0 Å². The van der Waals surface area contributed by atoms with Crippen LogP contribution in [0.2, 0.25) is 5.02 Å². The Bertz CT molecular complexity index is 1600. The third-order valence-corrected chi connectivity index (χ3v) is 6.96. The van der Waals surface area contributed by atoms with Crippen molar-refractivity contribution in [1.82, 2.24) is 35.3 Å². The van der Waals surface area contributed by atoms with E-state index in [0.29, 0.717) is 34.5 Å². The third kappa shape index (κ3) is 5.13. The van der Waals surface area contributed by atoms with Crippen molar-refractivity contribution in [2.75, 3.05) is 6.54 Å². The lowest BCUT2D eigenvalue weighted by Gasteiger charge is -2.34. The van der Waals surface area contributed by atoms with Crippen LogP contribution in [-0.4, -0.2) is 59.3 Å². The van der Waals surface area contributed by atoms with Gasteiger partial charge in [0.1, 0.15) is 12.4 Å². The number of Topliss-reactive ketones (excluding diaryl/α,β-unsaturated/α-hetero) is 2. The number of halogens is 2. The molecule has 1 unspecified atom stereocenters. The molecule has 1 N–H and O–H groups in total. The minimum Gasteiger partial charge on any atom is -0.324 e. The Balaban J connectivity index is 1.46. The fourth-order valence-corrected chi connectivity index (χ4v) is 4.88. The zero-order valence-electron chi connectivity index (χ0n) is 21.1. The number of carbonyl (C=O) groups is 3. The first-order chi connectivity index (χ1) is 18.7. The van der Waals surface area contributed by atoms with E-state index in [1.54, 1.807) is 31.2 Å². The molecule has 2 aromatic carbocycles. The standard InChI is InChI=1S/C27H23ClFN7O3/c1-15-25-21(32-31-15)11-12-35(27(25)23(38)13-17-3-5-18(6-4-17)16(2)37)24(39)10-7-19-22(36-14-30-33-34-36)9-8-20(28)26(19)29/h3-10,14,27H,11-13H2,1-2H3,(H,31,32). The number of hydrogen-bond donors (Lipinski definition) is 1. The molecule has 5 rings (SSSR count). The molecule has 1 aliphatic rings. The maximum atomic E-state index is 15.0. The van der Waals surface area contributed by atoms with Crippen molar-refractivity contribution in [3.05, 3.63) is 93.3 Å². The monoisotopic (exact) mass is 547 g/mol. The molecule has 0 radical (unpaired) electrons. The summed E-state index contributed by atoms with van der Waals surface area (Å²) < 4.78 is 16.3. The Morgan fingerprint density at radius 3 is 2.64 bits per heavy atom. The quantitative estimate of drug-likeness (QED) is 0.276. The molecule has 0 bridgehead atoms. The van der Waals surface area contributed by atoms with Gasteiger partial charge in [-0.2, -0.15) is 9.78 Å². The lowest BCUT2D eigenvalue weighted by atomic mass is 9.90. The number of benzene rings is 2. The number of nitrogens with zero attached hydrogens (tertiary/aromatic N) is 6. The van der Waals surface area contributed by atoms with Crippen molar-refractivity contribution in [1.29, 1.82) is 0 Å². The molecule has 0 fully saturated rings. The van der Waals surface area contributed by atoms with Crippen molar-refractivity contribution in [2.45, 2.75) is 32.7 Å². The molecule has 1 amide bonds. The Labute approximate surface area is 227 Å². The van der Waals surface area contributed by atoms with Crippen molar-refractivity contribution in [3.63, 3.8) is 0 Å². The normalized spacial score (nSPS) is 15.0. The van der Waals surface area contributed by atoms with E-state index < -0.39 is 17.8 Å². The Kier molecular flexibility index (Phi) is 7.16. The summed E-state index contributed by atoms with van der Waals surface area (Å²) in [5.41, 5.74) is 3.66. The summed E-state index contributed by atoms with van der Waals surface area (Å²) in [7, 11) is 0. The molecule has 0 aliphatic carbocycles. The van der Waals surface area contributed by atoms with E-state index in [1.807, 2.05) is 0 Å². The van der Waals surface area contributed by atoms with E-state index in [9.17, 15) is 14.4 Å². The number of nitrogens with one attached hydrogen (secondary N) is 1. The van der Waals surface area contributed by atoms with Crippen molar-refractivity contribution in [2.24, 2.45) is 0 Å². The van der Waals surface area contributed by atoms with Gasteiger partial charge in [0.25, 0.3) is 0 Å². The smallest absolute Gasteiger partial charge is 0.247 e. The molecule has 0 saturated heterocycles. The fourth-order valence-electron chi connectivity index (χ4n) is 4.72. The highest BCUT2D eigenvalue weighted by Gasteiger charge is 2.37. The van der Waals surface area contributed by atoms with Crippen molar-refractivity contribution in [3.8, 4) is 5.69 Å². The van der Waals surface area contributed by atoms with Crippen LogP contribution in [0.25, 0.3) is 11.8 Å². The molecule has 4 aromatic rings. The van der Waals surface area contributed by atoms with Crippen LogP contribution in [0, 0.1) is 12.7 Å². The summed E-state index contributed by atoms with van der Waals surface area (Å²) in [6.45, 7) is 3.53. The van der Waals surface area contributed by atoms with Gasteiger partial charge in [0, 0.05) is 47.8 Å². The van der Waals surface area contributed by atoms with E-state index in [-0.39, 0.29) is 35.1 Å². The average Bonchev–Trinajstić information content (AvgIpc) is 3.59. The van der Waals surface area contributed by atoms with Crippen LogP contribution in [0.15, 0.2) is 48.8 Å². The molecule has 1 aliphatic heterocycles. The lowest BCUT2D eigenvalue weighted by molar-refractivity contribution is -0.136. The fraction of sp³-hybridized carbons (Fsp3) is 0.222. The highest BCUT2D eigenvalue weighted by atomic mass is 35.5. The Morgan fingerprint density at radius 2 is 1.95 bits per heavy atom. The highest BCUT2D eigenvalue weighted by Crippen LogP contribution is 2.33. The average molecular weight is 548 g/mol. The molecule has 12 heteroatoms. The van der Waals surface area contributed by atoms with Crippen LogP contribution in [0.1, 0.15) is 51.4 Å². The number of aromatic amines is 1. The summed E-state index contributed by atoms with van der Waals surface area (Å²) in [4.78, 5) is 40.3. The minimum absolute atomic E-state index is 0.0220. The van der Waals surface area contributed by atoms with Gasteiger partial charge in [-0.3, -0.25) is 19.5 Å². The van der Waals surface area contributed by atoms with Crippen LogP contribution < -0.4 is 0 Å². The molecule has 198 valence electrons. The molecule has 0 spiro atoms. The summed E-state index contributed by atoms with van der Waals surface area (Å²) in [5, 5.41) is 18.1. The van der Waals surface area contributed by atoms with Crippen LogP contribution in [-0.2, 0) is 22.4 Å². The first-order valence-corrected chi connectivity index (χ1v) is 12.5. The minimum atomic E-state index is -0.889. The molecule has 0 saturated carbocycles. The number of tetrazole rings is 1. The molecule has 1 atom stereocenters. The number of hydrogen-bond acceptors (Lipinski definition) is 7. The predicted molar refractivity (Wildman–Crippen MR) is 140 cm³/mol. The van der Waals surface area contributed by atoms with Gasteiger partial charge in [0.05, 0.1) is 16.4 Å². The van der Waals surface area contributed by atoms with Gasteiger partial charge < -0.3 is 4.90 Å². The predicted octanol–water partition coefficient (Wildman–Crippen LogP) is 3.64. The van der Waals surface area contributed by atoms with E-state index in [4.69, 9.17) is 11.6 Å². The zero-order valence-corrected chi connectivity index (χ0v) is 21.8. The SMILES string of the molecule is CC(=O)c1ccc(CC(=O)C2c3c(n[nH]c3C)CCN2C(=O)C=Cc2c(-n3cnnn3)ccc(Cl)c2F)cc1. The second-order valence-electron chi connectivity index (χ2n) is 9.17. The highest BCUT2D eigenvalue weighted by molar-refractivity contribution is 6.31. The lowest BCUT2D eigenvalue weighted by Crippen LogP contribution is -2.43. The molecule has 2 aromatic heterocycles. The number of fused-ring (bicyclic) bond motifs is 1. The summed E-state index contributed by atoms with van der Waals surface area (Å²) in [5.74, 6) is -1.49. The van der Waals surface area contributed by atoms with E-state index in [2.05, 4.69) is 25.7 Å². The maximum Gasteiger partial charge on any atom is 0.247 e. The summed E-state index contributed by atoms with van der Waals surface area (Å²) in [6.07, 6.45) is 4.32. The first kappa shape index (κ1) is 26.1.